The van der Waals surface area contributed by atoms with E-state index in [4.69, 9.17) is 4.74 Å². The molecule has 2 aromatic carbocycles. The molecular weight excluding hydrogens is 344 g/mol. The summed E-state index contributed by atoms with van der Waals surface area (Å²) >= 11 is 1.40. The van der Waals surface area contributed by atoms with Crippen molar-refractivity contribution < 1.29 is 4.74 Å². The first kappa shape index (κ1) is 17.1. The molecule has 2 heterocycles. The number of ether oxygens (including phenoxy) is 1. The zero-order valence-corrected chi connectivity index (χ0v) is 15.4. The fraction of sp³-hybridized carbons (Fsp3) is 0.300. The van der Waals surface area contributed by atoms with E-state index in [0.717, 1.165) is 55.9 Å². The Bertz CT molecular complexity index is 813. The lowest BCUT2D eigenvalue weighted by Crippen LogP contribution is -2.35. The Balaban J connectivity index is 1.31. The third-order valence-corrected chi connectivity index (χ3v) is 5.11. The lowest BCUT2D eigenvalue weighted by molar-refractivity contribution is 0.0342. The van der Waals surface area contributed by atoms with Crippen molar-refractivity contribution in [3.05, 3.63) is 65.7 Å². The van der Waals surface area contributed by atoms with Crippen molar-refractivity contribution in [2.24, 2.45) is 0 Å². The van der Waals surface area contributed by atoms with E-state index in [1.165, 1.54) is 22.7 Å². The maximum absolute atomic E-state index is 5.40. The molecule has 1 saturated heterocycles. The zero-order valence-electron chi connectivity index (χ0n) is 14.6. The zero-order chi connectivity index (χ0) is 17.6. The van der Waals surface area contributed by atoms with Gasteiger partial charge in [-0.2, -0.15) is 9.36 Å². The molecule has 1 aliphatic heterocycles. The number of anilines is 1. The van der Waals surface area contributed by atoms with E-state index in [1.54, 1.807) is 0 Å². The van der Waals surface area contributed by atoms with Gasteiger partial charge in [0, 0.05) is 43.3 Å². The molecule has 1 aliphatic rings. The predicted molar refractivity (Wildman–Crippen MR) is 105 cm³/mol. The van der Waals surface area contributed by atoms with E-state index < -0.39 is 0 Å². The average molecular weight is 366 g/mol. The largest absolute Gasteiger partial charge is 0.379 e. The van der Waals surface area contributed by atoms with Crippen LogP contribution in [0.4, 0.5) is 5.13 Å². The fourth-order valence-corrected chi connectivity index (χ4v) is 3.54. The van der Waals surface area contributed by atoms with Crippen molar-refractivity contribution in [3.63, 3.8) is 0 Å². The van der Waals surface area contributed by atoms with Crippen LogP contribution in [0.5, 0.6) is 0 Å². The van der Waals surface area contributed by atoms with Crippen molar-refractivity contribution >= 4 is 16.7 Å². The molecule has 26 heavy (non-hydrogen) atoms. The van der Waals surface area contributed by atoms with Crippen LogP contribution in [-0.2, 0) is 17.8 Å². The highest BCUT2D eigenvalue weighted by Crippen LogP contribution is 2.21. The van der Waals surface area contributed by atoms with Crippen LogP contribution in [-0.4, -0.2) is 40.6 Å². The van der Waals surface area contributed by atoms with Gasteiger partial charge in [0.05, 0.1) is 13.2 Å². The topological polar surface area (TPSA) is 50.3 Å². The molecule has 0 aliphatic carbocycles. The number of benzene rings is 2. The molecule has 1 N–H and O–H groups in total. The van der Waals surface area contributed by atoms with Gasteiger partial charge in [0.15, 0.2) is 5.82 Å². The van der Waals surface area contributed by atoms with Crippen molar-refractivity contribution in [1.82, 2.24) is 14.3 Å². The number of rotatable bonds is 6. The maximum atomic E-state index is 5.40. The molecule has 0 bridgehead atoms. The van der Waals surface area contributed by atoms with Gasteiger partial charge >= 0.3 is 0 Å². The van der Waals surface area contributed by atoms with E-state index >= 15 is 0 Å². The maximum Gasteiger partial charge on any atom is 0.203 e. The Kier molecular flexibility index (Phi) is 5.54. The molecule has 5 nitrogen and oxygen atoms in total. The first-order valence-electron chi connectivity index (χ1n) is 8.88. The molecule has 1 aromatic heterocycles. The van der Waals surface area contributed by atoms with Gasteiger partial charge < -0.3 is 10.1 Å². The Morgan fingerprint density at radius 3 is 2.46 bits per heavy atom. The molecule has 1 fully saturated rings. The molecule has 0 spiro atoms. The monoisotopic (exact) mass is 366 g/mol. The molecular formula is C20H22N4OS. The smallest absolute Gasteiger partial charge is 0.203 e. The van der Waals surface area contributed by atoms with E-state index in [9.17, 15) is 0 Å². The van der Waals surface area contributed by atoms with E-state index in [2.05, 4.69) is 43.8 Å². The predicted octanol–water partition coefficient (Wildman–Crippen LogP) is 3.65. The lowest BCUT2D eigenvalue weighted by Gasteiger charge is -2.26. The first-order valence-corrected chi connectivity index (χ1v) is 9.65. The second-order valence-corrected chi connectivity index (χ2v) is 7.10. The number of hydrogen-bond acceptors (Lipinski definition) is 6. The Labute approximate surface area is 157 Å². The molecule has 6 heteroatoms. The third kappa shape index (κ3) is 4.46. The SMILES string of the molecule is c1ccc(-c2nsc(NCc3ccc(CN4CCOCC4)cc3)n2)cc1. The minimum absolute atomic E-state index is 0.751. The quantitative estimate of drug-likeness (QED) is 0.722. The number of nitrogens with one attached hydrogen (secondary N) is 1. The van der Waals surface area contributed by atoms with Crippen molar-refractivity contribution in [1.29, 1.82) is 0 Å². The number of morpholine rings is 1. The molecule has 3 aromatic rings. The second kappa shape index (κ2) is 8.40. The van der Waals surface area contributed by atoms with Crippen molar-refractivity contribution in [2.75, 3.05) is 31.6 Å². The highest BCUT2D eigenvalue weighted by Gasteiger charge is 2.10. The van der Waals surface area contributed by atoms with Crippen LogP contribution in [0.1, 0.15) is 11.1 Å². The van der Waals surface area contributed by atoms with Crippen LogP contribution >= 0.6 is 11.5 Å². The summed E-state index contributed by atoms with van der Waals surface area (Å²) in [6.45, 7) is 5.47. The summed E-state index contributed by atoms with van der Waals surface area (Å²) in [5.74, 6) is 0.777. The summed E-state index contributed by atoms with van der Waals surface area (Å²) in [6.07, 6.45) is 0. The van der Waals surface area contributed by atoms with Crippen LogP contribution in [0.2, 0.25) is 0 Å². The summed E-state index contributed by atoms with van der Waals surface area (Å²) in [4.78, 5) is 7.00. The highest BCUT2D eigenvalue weighted by atomic mass is 32.1. The lowest BCUT2D eigenvalue weighted by atomic mass is 10.1. The number of hydrogen-bond donors (Lipinski definition) is 1. The van der Waals surface area contributed by atoms with Crippen LogP contribution in [0.3, 0.4) is 0 Å². The Morgan fingerprint density at radius 2 is 1.69 bits per heavy atom. The molecule has 0 radical (unpaired) electrons. The summed E-state index contributed by atoms with van der Waals surface area (Å²) in [6, 6.07) is 18.8. The molecule has 0 unspecified atom stereocenters. The molecule has 0 saturated carbocycles. The third-order valence-electron chi connectivity index (χ3n) is 4.43. The van der Waals surface area contributed by atoms with Gasteiger partial charge in [-0.25, -0.2) is 0 Å². The van der Waals surface area contributed by atoms with Crippen LogP contribution in [0.15, 0.2) is 54.6 Å². The van der Waals surface area contributed by atoms with Gasteiger partial charge in [0.25, 0.3) is 0 Å². The summed E-state index contributed by atoms with van der Waals surface area (Å²) in [7, 11) is 0. The van der Waals surface area contributed by atoms with Gasteiger partial charge in [-0.05, 0) is 11.1 Å². The average Bonchev–Trinajstić information content (AvgIpc) is 3.18. The summed E-state index contributed by atoms with van der Waals surface area (Å²) in [5, 5.41) is 4.22. The number of aromatic nitrogens is 2. The summed E-state index contributed by atoms with van der Waals surface area (Å²) in [5.41, 5.74) is 3.63. The minimum atomic E-state index is 0.751. The highest BCUT2D eigenvalue weighted by molar-refractivity contribution is 7.09. The summed E-state index contributed by atoms with van der Waals surface area (Å²) < 4.78 is 9.83. The van der Waals surface area contributed by atoms with E-state index in [0.29, 0.717) is 0 Å². The van der Waals surface area contributed by atoms with Gasteiger partial charge in [-0.15, -0.1) is 0 Å². The van der Waals surface area contributed by atoms with Gasteiger partial charge in [0.2, 0.25) is 5.13 Å². The molecule has 0 amide bonds. The van der Waals surface area contributed by atoms with Crippen molar-refractivity contribution in [3.8, 4) is 11.4 Å². The second-order valence-electron chi connectivity index (χ2n) is 6.35. The van der Waals surface area contributed by atoms with Crippen LogP contribution in [0, 0.1) is 0 Å². The normalized spacial score (nSPS) is 15.1. The molecule has 4 rings (SSSR count). The van der Waals surface area contributed by atoms with Crippen LogP contribution < -0.4 is 5.32 Å². The van der Waals surface area contributed by atoms with Crippen LogP contribution in [0.25, 0.3) is 11.4 Å². The van der Waals surface area contributed by atoms with Gasteiger partial charge in [-0.1, -0.05) is 54.6 Å². The van der Waals surface area contributed by atoms with E-state index in [-0.39, 0.29) is 0 Å². The van der Waals surface area contributed by atoms with Gasteiger partial charge in [0.1, 0.15) is 0 Å². The molecule has 134 valence electrons. The fourth-order valence-electron chi connectivity index (χ4n) is 2.96. The standard InChI is InChI=1S/C20H22N4OS/c1-2-4-18(5-3-1)19-22-20(26-23-19)21-14-16-6-8-17(9-7-16)15-24-10-12-25-13-11-24/h1-9H,10-15H2,(H,21,22,23). The Morgan fingerprint density at radius 1 is 0.962 bits per heavy atom. The van der Waals surface area contributed by atoms with E-state index in [1.807, 2.05) is 30.3 Å². The first-order chi connectivity index (χ1) is 12.9. The Hall–Kier alpha value is -2.28. The molecule has 0 atom stereocenters. The minimum Gasteiger partial charge on any atom is -0.379 e. The van der Waals surface area contributed by atoms with Crippen molar-refractivity contribution in [2.45, 2.75) is 13.1 Å². The number of nitrogens with zero attached hydrogens (tertiary/aromatic N) is 3. The van der Waals surface area contributed by atoms with Gasteiger partial charge in [-0.3, -0.25) is 4.90 Å².